The summed E-state index contributed by atoms with van der Waals surface area (Å²) in [6.07, 6.45) is 1.69. The lowest BCUT2D eigenvalue weighted by atomic mass is 9.98. The van der Waals surface area contributed by atoms with Gasteiger partial charge in [-0.25, -0.2) is 8.42 Å². The van der Waals surface area contributed by atoms with Crippen molar-refractivity contribution in [2.75, 3.05) is 19.7 Å². The fraction of sp³-hybridized carbons (Fsp3) is 0.320. The largest absolute Gasteiger partial charge is 0.490 e. The van der Waals surface area contributed by atoms with E-state index in [2.05, 4.69) is 0 Å². The number of benzene rings is 3. The Hall–Kier alpha value is -2.90. The van der Waals surface area contributed by atoms with Gasteiger partial charge in [0, 0.05) is 13.1 Å². The first-order valence-corrected chi connectivity index (χ1v) is 12.4. The molecule has 168 valence electrons. The number of hydrogen-bond acceptors (Lipinski definition) is 5. The lowest BCUT2D eigenvalue weighted by Gasteiger charge is -2.30. The Balaban J connectivity index is 1.40. The maximum atomic E-state index is 13.1. The van der Waals surface area contributed by atoms with Crippen molar-refractivity contribution in [3.05, 3.63) is 66.7 Å². The number of fused-ring (bicyclic) bond motifs is 1. The van der Waals surface area contributed by atoms with Crippen molar-refractivity contribution in [3.8, 4) is 11.5 Å². The lowest BCUT2D eigenvalue weighted by molar-refractivity contribution is -0.140. The minimum Gasteiger partial charge on any atom is -0.490 e. The van der Waals surface area contributed by atoms with Crippen LogP contribution in [0.1, 0.15) is 26.2 Å². The fourth-order valence-corrected chi connectivity index (χ4v) is 5.37. The molecule has 1 heterocycles. The lowest BCUT2D eigenvalue weighted by Crippen LogP contribution is -2.41. The van der Waals surface area contributed by atoms with Gasteiger partial charge in [-0.3, -0.25) is 4.79 Å². The van der Waals surface area contributed by atoms with Crippen LogP contribution < -0.4 is 9.47 Å². The smallest absolute Gasteiger partial charge is 0.314 e. The number of nitrogens with zero attached hydrogens (tertiary/aromatic N) is 1. The highest BCUT2D eigenvalue weighted by Gasteiger charge is 2.33. The first-order chi connectivity index (χ1) is 15.5. The van der Waals surface area contributed by atoms with Crippen molar-refractivity contribution in [1.29, 1.82) is 0 Å². The van der Waals surface area contributed by atoms with Crippen LogP contribution in [0, 0.1) is 5.92 Å². The van der Waals surface area contributed by atoms with Gasteiger partial charge in [-0.05, 0) is 54.3 Å². The number of piperidine rings is 1. The van der Waals surface area contributed by atoms with Crippen LogP contribution in [-0.2, 0) is 14.8 Å². The molecule has 7 heteroatoms. The Morgan fingerprint density at radius 2 is 1.59 bits per heavy atom. The topological polar surface area (TPSA) is 72.9 Å². The molecule has 0 N–H and O–H groups in total. The second-order valence-electron chi connectivity index (χ2n) is 7.90. The Labute approximate surface area is 188 Å². The van der Waals surface area contributed by atoms with Crippen LogP contribution in [0.3, 0.4) is 0 Å². The van der Waals surface area contributed by atoms with Gasteiger partial charge >= 0.3 is 5.97 Å². The van der Waals surface area contributed by atoms with Crippen molar-refractivity contribution in [1.82, 2.24) is 4.31 Å². The highest BCUT2D eigenvalue weighted by atomic mass is 32.2. The zero-order valence-electron chi connectivity index (χ0n) is 18.1. The molecule has 0 bridgehead atoms. The normalized spacial score (nSPS) is 15.5. The molecule has 4 rings (SSSR count). The summed E-state index contributed by atoms with van der Waals surface area (Å²) in [6, 6.07) is 20.0. The van der Waals surface area contributed by atoms with E-state index in [4.69, 9.17) is 9.47 Å². The van der Waals surface area contributed by atoms with Gasteiger partial charge in [0.15, 0.2) is 11.5 Å². The molecule has 6 nitrogen and oxygen atoms in total. The van der Waals surface area contributed by atoms with Crippen LogP contribution in [0.5, 0.6) is 11.5 Å². The number of esters is 1. The molecular weight excluding hydrogens is 426 g/mol. The second kappa shape index (κ2) is 9.71. The number of ether oxygens (including phenoxy) is 2. The third kappa shape index (κ3) is 4.79. The number of sulfonamides is 1. The minimum atomic E-state index is -3.62. The molecule has 32 heavy (non-hydrogen) atoms. The molecule has 3 aromatic rings. The molecule has 0 unspecified atom stereocenters. The zero-order valence-corrected chi connectivity index (χ0v) is 18.9. The number of carbonyl (C=O) groups is 1. The van der Waals surface area contributed by atoms with Crippen molar-refractivity contribution >= 4 is 26.8 Å². The summed E-state index contributed by atoms with van der Waals surface area (Å²) >= 11 is 0. The van der Waals surface area contributed by atoms with Gasteiger partial charge in [0.25, 0.3) is 0 Å². The van der Waals surface area contributed by atoms with E-state index in [0.717, 1.165) is 17.2 Å². The monoisotopic (exact) mass is 453 g/mol. The summed E-state index contributed by atoms with van der Waals surface area (Å²) in [5.41, 5.74) is 0. The summed E-state index contributed by atoms with van der Waals surface area (Å²) in [5.74, 6) is 0.244. The zero-order chi connectivity index (χ0) is 22.6. The van der Waals surface area contributed by atoms with Gasteiger partial charge in [-0.1, -0.05) is 49.4 Å². The first-order valence-electron chi connectivity index (χ1n) is 10.9. The summed E-state index contributed by atoms with van der Waals surface area (Å²) in [7, 11) is -3.62. The van der Waals surface area contributed by atoms with Crippen LogP contribution in [0.4, 0.5) is 0 Å². The van der Waals surface area contributed by atoms with Gasteiger partial charge in [0.2, 0.25) is 10.0 Å². The molecule has 0 spiro atoms. The van der Waals surface area contributed by atoms with Gasteiger partial charge in [-0.2, -0.15) is 4.31 Å². The Morgan fingerprint density at radius 3 is 2.31 bits per heavy atom. The van der Waals surface area contributed by atoms with Crippen LogP contribution in [-0.4, -0.2) is 38.4 Å². The Kier molecular flexibility index (Phi) is 6.77. The molecule has 0 aliphatic carbocycles. The molecule has 0 saturated carbocycles. The Morgan fingerprint density at radius 1 is 0.938 bits per heavy atom. The SMILES string of the molecule is CCCOc1ccccc1OC(=O)C1CCN(S(=O)(=O)c2ccc3ccccc3c2)CC1. The summed E-state index contributed by atoms with van der Waals surface area (Å²) in [6.45, 7) is 3.11. The molecule has 0 amide bonds. The second-order valence-corrected chi connectivity index (χ2v) is 9.84. The van der Waals surface area contributed by atoms with Gasteiger partial charge in [-0.15, -0.1) is 0 Å². The molecule has 1 fully saturated rings. The van der Waals surface area contributed by atoms with E-state index in [9.17, 15) is 13.2 Å². The molecule has 0 atom stereocenters. The maximum absolute atomic E-state index is 13.1. The van der Waals surface area contributed by atoms with Crippen LogP contribution in [0.25, 0.3) is 10.8 Å². The average molecular weight is 454 g/mol. The standard InChI is InChI=1S/C25H27NO5S/c1-2-17-30-23-9-5-6-10-24(23)31-25(27)20-13-15-26(16-14-20)32(28,29)22-12-11-19-7-3-4-8-21(19)18-22/h3-12,18,20H,2,13-17H2,1H3. The third-order valence-electron chi connectivity index (χ3n) is 5.67. The van der Waals surface area contributed by atoms with E-state index in [1.54, 1.807) is 30.3 Å². The van der Waals surface area contributed by atoms with E-state index in [0.29, 0.717) is 30.9 Å². The quantitative estimate of drug-likeness (QED) is 0.385. The molecular formula is C25H27NO5S. The van der Waals surface area contributed by atoms with E-state index >= 15 is 0 Å². The fourth-order valence-electron chi connectivity index (χ4n) is 3.87. The molecule has 1 aliphatic heterocycles. The summed E-state index contributed by atoms with van der Waals surface area (Å²) in [5, 5.41) is 1.88. The predicted molar refractivity (Wildman–Crippen MR) is 123 cm³/mol. The number of rotatable bonds is 7. The summed E-state index contributed by atoms with van der Waals surface area (Å²) in [4.78, 5) is 13.0. The van der Waals surface area contributed by atoms with E-state index in [1.165, 1.54) is 4.31 Å². The molecule has 1 aliphatic rings. The highest BCUT2D eigenvalue weighted by molar-refractivity contribution is 7.89. The van der Waals surface area contributed by atoms with Gasteiger partial charge in [0.1, 0.15) is 0 Å². The van der Waals surface area contributed by atoms with Crippen LogP contribution in [0.15, 0.2) is 71.6 Å². The molecule has 0 aromatic heterocycles. The minimum absolute atomic E-state index is 0.277. The van der Waals surface area contributed by atoms with Crippen molar-refractivity contribution in [2.24, 2.45) is 5.92 Å². The molecule has 0 radical (unpaired) electrons. The van der Waals surface area contributed by atoms with Crippen molar-refractivity contribution in [2.45, 2.75) is 31.1 Å². The summed E-state index contributed by atoms with van der Waals surface area (Å²) < 4.78 is 39.0. The number of carbonyl (C=O) groups excluding carboxylic acids is 1. The first kappa shape index (κ1) is 22.3. The van der Waals surface area contributed by atoms with Gasteiger partial charge in [0.05, 0.1) is 17.4 Å². The average Bonchev–Trinajstić information content (AvgIpc) is 2.83. The number of hydrogen-bond donors (Lipinski definition) is 0. The number of para-hydroxylation sites is 2. The maximum Gasteiger partial charge on any atom is 0.314 e. The van der Waals surface area contributed by atoms with Crippen molar-refractivity contribution in [3.63, 3.8) is 0 Å². The van der Waals surface area contributed by atoms with Crippen molar-refractivity contribution < 1.29 is 22.7 Å². The van der Waals surface area contributed by atoms with E-state index in [1.807, 2.05) is 43.3 Å². The highest BCUT2D eigenvalue weighted by Crippen LogP contribution is 2.30. The van der Waals surface area contributed by atoms with Crippen LogP contribution in [0.2, 0.25) is 0 Å². The molecule has 1 saturated heterocycles. The molecule has 3 aromatic carbocycles. The van der Waals surface area contributed by atoms with Gasteiger partial charge < -0.3 is 9.47 Å². The van der Waals surface area contributed by atoms with E-state index in [-0.39, 0.29) is 29.9 Å². The van der Waals surface area contributed by atoms with Crippen LogP contribution >= 0.6 is 0 Å². The third-order valence-corrected chi connectivity index (χ3v) is 7.56. The predicted octanol–water partition coefficient (Wildman–Crippen LogP) is 4.63. The van der Waals surface area contributed by atoms with E-state index < -0.39 is 10.0 Å². The Bertz CT molecular complexity index is 1200.